The van der Waals surface area contributed by atoms with Crippen molar-refractivity contribution in [3.63, 3.8) is 0 Å². The number of rotatable bonds is 9. The van der Waals surface area contributed by atoms with Gasteiger partial charge in [-0.3, -0.25) is 19.3 Å². The number of thioether (sulfide) groups is 1. The number of carbonyl (C=O) groups is 3. The van der Waals surface area contributed by atoms with Crippen LogP contribution in [-0.4, -0.2) is 33.8 Å². The summed E-state index contributed by atoms with van der Waals surface area (Å²) in [4.78, 5) is 44.6. The van der Waals surface area contributed by atoms with Gasteiger partial charge in [0, 0.05) is 5.69 Å². The van der Waals surface area contributed by atoms with Crippen LogP contribution in [0.1, 0.15) is 29.1 Å². The van der Waals surface area contributed by atoms with Gasteiger partial charge in [-0.2, -0.15) is 0 Å². The van der Waals surface area contributed by atoms with Gasteiger partial charge >= 0.3 is 0 Å². The molecule has 0 saturated carbocycles. The maximum Gasteiger partial charge on any atom is 0.247 e. The number of amidine groups is 1. The van der Waals surface area contributed by atoms with E-state index in [1.807, 2.05) is 30.3 Å². The van der Waals surface area contributed by atoms with Crippen LogP contribution in [0.5, 0.6) is 0 Å². The molecule has 1 saturated heterocycles. The normalized spacial score (nSPS) is 16.5. The molecule has 1 aliphatic rings. The third-order valence-corrected chi connectivity index (χ3v) is 7.56. The summed E-state index contributed by atoms with van der Waals surface area (Å²) >= 11 is 1.26. The van der Waals surface area contributed by atoms with E-state index in [4.69, 9.17) is 4.42 Å². The van der Waals surface area contributed by atoms with Gasteiger partial charge in [-0.25, -0.2) is 9.38 Å². The Kier molecular flexibility index (Phi) is 8.59. The van der Waals surface area contributed by atoms with Gasteiger partial charge in [0.05, 0.1) is 24.9 Å². The largest absolute Gasteiger partial charge is 0.467 e. The van der Waals surface area contributed by atoms with Crippen LogP contribution in [0.4, 0.5) is 15.8 Å². The summed E-state index contributed by atoms with van der Waals surface area (Å²) in [5.41, 5.74) is 2.50. The van der Waals surface area contributed by atoms with Crippen LogP contribution in [0, 0.1) is 5.82 Å². The van der Waals surface area contributed by atoms with E-state index in [2.05, 4.69) is 15.6 Å². The average molecular weight is 571 g/mol. The summed E-state index contributed by atoms with van der Waals surface area (Å²) in [7, 11) is 0. The zero-order valence-corrected chi connectivity index (χ0v) is 22.9. The molecule has 10 heteroatoms. The molecule has 2 heterocycles. The summed E-state index contributed by atoms with van der Waals surface area (Å²) in [6.45, 7) is 1.80. The van der Waals surface area contributed by atoms with Crippen molar-refractivity contribution in [2.24, 2.45) is 4.99 Å². The molecule has 1 unspecified atom stereocenters. The molecule has 3 aromatic carbocycles. The SMILES string of the molecule is C[C@H](NC(=O)Cc1ccccc1)C(=O)Nc1ccc(C2S/C(=N\c3cccc(F)c3)N(Cc3ccco3)C2=O)cc1. The fourth-order valence-corrected chi connectivity index (χ4v) is 5.42. The highest BCUT2D eigenvalue weighted by Crippen LogP contribution is 2.41. The van der Waals surface area contributed by atoms with Gasteiger partial charge < -0.3 is 15.1 Å². The van der Waals surface area contributed by atoms with E-state index in [9.17, 15) is 18.8 Å². The summed E-state index contributed by atoms with van der Waals surface area (Å²) in [5.74, 6) is -0.624. The van der Waals surface area contributed by atoms with Crippen molar-refractivity contribution < 1.29 is 23.2 Å². The standard InChI is InChI=1S/C31H27FN4O4S/c1-20(33-27(37)17-21-7-3-2-4-8-21)29(38)34-24-14-12-22(13-15-24)28-30(39)36(19-26-11-6-16-40-26)31(41-28)35-25-10-5-9-23(32)18-25/h2-16,18,20,28H,17,19H2,1H3,(H,33,37)(H,34,38)/b35-31-/t20-,28?/m0/s1. The molecule has 0 aliphatic carbocycles. The molecular formula is C31H27FN4O4S. The first-order valence-electron chi connectivity index (χ1n) is 12.9. The molecule has 4 aromatic rings. The quantitative estimate of drug-likeness (QED) is 0.272. The molecule has 1 aliphatic heterocycles. The molecule has 8 nitrogen and oxygen atoms in total. The van der Waals surface area contributed by atoms with E-state index in [-0.39, 0.29) is 30.7 Å². The smallest absolute Gasteiger partial charge is 0.247 e. The highest BCUT2D eigenvalue weighted by molar-refractivity contribution is 8.15. The van der Waals surface area contributed by atoms with E-state index in [1.165, 1.54) is 35.1 Å². The van der Waals surface area contributed by atoms with Crippen LogP contribution in [0.25, 0.3) is 0 Å². The zero-order chi connectivity index (χ0) is 28.8. The van der Waals surface area contributed by atoms with Crippen molar-refractivity contribution in [2.45, 2.75) is 31.2 Å². The first-order chi connectivity index (χ1) is 19.9. The first-order valence-corrected chi connectivity index (χ1v) is 13.8. The van der Waals surface area contributed by atoms with Gasteiger partial charge in [0.2, 0.25) is 17.7 Å². The van der Waals surface area contributed by atoms with E-state index in [0.717, 1.165) is 11.1 Å². The number of anilines is 1. The fourth-order valence-electron chi connectivity index (χ4n) is 4.24. The molecule has 2 atom stereocenters. The molecule has 41 heavy (non-hydrogen) atoms. The Morgan fingerprint density at radius 1 is 1.02 bits per heavy atom. The molecule has 208 valence electrons. The Balaban J connectivity index is 1.25. The van der Waals surface area contributed by atoms with Crippen molar-refractivity contribution >= 4 is 46.0 Å². The Labute approximate surface area is 240 Å². The number of nitrogens with zero attached hydrogens (tertiary/aromatic N) is 2. The van der Waals surface area contributed by atoms with Crippen molar-refractivity contribution in [1.82, 2.24) is 10.2 Å². The highest BCUT2D eigenvalue weighted by Gasteiger charge is 2.39. The molecule has 2 N–H and O–H groups in total. The molecule has 5 rings (SSSR count). The van der Waals surface area contributed by atoms with Gasteiger partial charge in [0.25, 0.3) is 0 Å². The van der Waals surface area contributed by atoms with E-state index in [1.54, 1.807) is 55.5 Å². The number of aliphatic imine (C=N–C) groups is 1. The van der Waals surface area contributed by atoms with Crippen LogP contribution >= 0.6 is 11.8 Å². The van der Waals surface area contributed by atoms with Gasteiger partial charge in [-0.05, 0) is 60.5 Å². The second kappa shape index (κ2) is 12.6. The summed E-state index contributed by atoms with van der Waals surface area (Å²) in [6, 6.07) is 24.9. The molecular weight excluding hydrogens is 543 g/mol. The fraction of sp³-hybridized carbons (Fsp3) is 0.161. The second-order valence-electron chi connectivity index (χ2n) is 9.44. The van der Waals surface area contributed by atoms with Crippen molar-refractivity contribution in [3.05, 3.63) is 120 Å². The minimum absolute atomic E-state index is 0.182. The van der Waals surface area contributed by atoms with Crippen molar-refractivity contribution in [3.8, 4) is 0 Å². The Bertz CT molecular complexity index is 1560. The van der Waals surface area contributed by atoms with Crippen LogP contribution in [0.15, 0.2) is 107 Å². The van der Waals surface area contributed by atoms with Crippen LogP contribution in [0.3, 0.4) is 0 Å². The third kappa shape index (κ3) is 7.09. The second-order valence-corrected chi connectivity index (χ2v) is 10.5. The zero-order valence-electron chi connectivity index (χ0n) is 22.1. The molecule has 1 aromatic heterocycles. The van der Waals surface area contributed by atoms with Gasteiger partial charge in [0.1, 0.15) is 22.9 Å². The Morgan fingerprint density at radius 2 is 1.80 bits per heavy atom. The lowest BCUT2D eigenvalue weighted by Crippen LogP contribution is -2.42. The Hall–Kier alpha value is -4.70. The lowest BCUT2D eigenvalue weighted by molar-refractivity contribution is -0.126. The van der Waals surface area contributed by atoms with Crippen molar-refractivity contribution in [1.29, 1.82) is 0 Å². The Morgan fingerprint density at radius 3 is 2.51 bits per heavy atom. The third-order valence-electron chi connectivity index (χ3n) is 6.33. The maximum absolute atomic E-state index is 13.8. The van der Waals surface area contributed by atoms with E-state index in [0.29, 0.717) is 22.3 Å². The number of nitrogens with one attached hydrogen (secondary N) is 2. The highest BCUT2D eigenvalue weighted by atomic mass is 32.2. The number of amides is 3. The minimum atomic E-state index is -0.741. The number of hydrogen-bond donors (Lipinski definition) is 2. The molecule has 0 radical (unpaired) electrons. The molecule has 3 amide bonds. The summed E-state index contributed by atoms with van der Waals surface area (Å²) < 4.78 is 19.2. The monoisotopic (exact) mass is 570 g/mol. The predicted molar refractivity (Wildman–Crippen MR) is 156 cm³/mol. The van der Waals surface area contributed by atoms with Crippen LogP contribution in [-0.2, 0) is 27.3 Å². The topological polar surface area (TPSA) is 104 Å². The molecule has 0 spiro atoms. The first kappa shape index (κ1) is 27.9. The maximum atomic E-state index is 13.8. The number of benzene rings is 3. The van der Waals surface area contributed by atoms with E-state index >= 15 is 0 Å². The lowest BCUT2D eigenvalue weighted by Gasteiger charge is -2.16. The summed E-state index contributed by atoms with van der Waals surface area (Å²) in [6.07, 6.45) is 1.72. The van der Waals surface area contributed by atoms with Gasteiger partial charge in [-0.1, -0.05) is 60.3 Å². The van der Waals surface area contributed by atoms with Gasteiger partial charge in [-0.15, -0.1) is 0 Å². The lowest BCUT2D eigenvalue weighted by atomic mass is 10.1. The average Bonchev–Trinajstić information content (AvgIpc) is 3.58. The number of carbonyl (C=O) groups excluding carboxylic acids is 3. The van der Waals surface area contributed by atoms with Crippen LogP contribution in [0.2, 0.25) is 0 Å². The minimum Gasteiger partial charge on any atom is -0.467 e. The number of hydrogen-bond acceptors (Lipinski definition) is 6. The van der Waals surface area contributed by atoms with Gasteiger partial charge in [0.15, 0.2) is 5.17 Å². The molecule has 0 bridgehead atoms. The number of halogens is 1. The molecule has 1 fully saturated rings. The van der Waals surface area contributed by atoms with Crippen molar-refractivity contribution in [2.75, 3.05) is 5.32 Å². The van der Waals surface area contributed by atoms with E-state index < -0.39 is 17.1 Å². The summed E-state index contributed by atoms with van der Waals surface area (Å²) in [5, 5.41) is 5.36. The number of furan rings is 1. The van der Waals surface area contributed by atoms with Crippen LogP contribution < -0.4 is 10.6 Å². The predicted octanol–water partition coefficient (Wildman–Crippen LogP) is 5.61.